The van der Waals surface area contributed by atoms with Crippen molar-refractivity contribution in [2.24, 2.45) is 5.10 Å². The molecule has 0 unspecified atom stereocenters. The first-order valence-electron chi connectivity index (χ1n) is 9.17. The summed E-state index contributed by atoms with van der Waals surface area (Å²) in [6.07, 6.45) is 1.75. The van der Waals surface area contributed by atoms with Crippen molar-refractivity contribution in [3.05, 3.63) is 90.5 Å². The first-order chi connectivity index (χ1) is 13.7. The van der Waals surface area contributed by atoms with Crippen molar-refractivity contribution in [3.63, 3.8) is 0 Å². The van der Waals surface area contributed by atoms with Crippen LogP contribution in [0.5, 0.6) is 0 Å². The van der Waals surface area contributed by atoms with Gasteiger partial charge in [-0.15, -0.1) is 11.8 Å². The molecule has 4 aromatic rings. The third kappa shape index (κ3) is 3.92. The molecule has 0 radical (unpaired) electrons. The minimum Gasteiger partial charge on any atom is -0.272 e. The molecule has 0 fully saturated rings. The van der Waals surface area contributed by atoms with Crippen molar-refractivity contribution in [2.75, 3.05) is 0 Å². The van der Waals surface area contributed by atoms with E-state index in [1.165, 1.54) is 11.8 Å². The van der Waals surface area contributed by atoms with Gasteiger partial charge in [0.05, 0.1) is 11.5 Å². The Morgan fingerprint density at radius 1 is 0.893 bits per heavy atom. The molecule has 1 N–H and O–H groups in total. The van der Waals surface area contributed by atoms with Gasteiger partial charge in [0.1, 0.15) is 0 Å². The quantitative estimate of drug-likeness (QED) is 0.210. The molecule has 0 aliphatic carbocycles. The van der Waals surface area contributed by atoms with Crippen LogP contribution < -0.4 is 5.43 Å². The fraction of sp³-hybridized carbons (Fsp3) is 0.0833. The van der Waals surface area contributed by atoms with Crippen LogP contribution in [0.15, 0.2) is 94.9 Å². The van der Waals surface area contributed by atoms with Crippen molar-refractivity contribution in [1.29, 1.82) is 0 Å². The monoisotopic (exact) mass is 384 g/mol. The van der Waals surface area contributed by atoms with Crippen LogP contribution >= 0.6 is 11.8 Å². The fourth-order valence-electron chi connectivity index (χ4n) is 3.20. The number of hydrogen-bond donors (Lipinski definition) is 1. The number of carbonyl (C=O) groups excluding carboxylic acids is 1. The second-order valence-corrected chi connectivity index (χ2v) is 7.95. The summed E-state index contributed by atoms with van der Waals surface area (Å²) in [6.45, 7) is 1.88. The molecule has 0 saturated heterocycles. The standard InChI is InChI=1S/C24H20N2OS/c1-17(28-20-11-3-2-4-12-20)24(27)26-25-16-23-21-13-7-5-9-18(21)15-19-10-6-8-14-22(19)23/h2-17H,1H3,(H,26,27)/b25-16-/t17-/m0/s1. The Morgan fingerprint density at radius 2 is 1.46 bits per heavy atom. The van der Waals surface area contributed by atoms with E-state index in [4.69, 9.17) is 0 Å². The molecule has 0 spiro atoms. The van der Waals surface area contributed by atoms with Gasteiger partial charge in [-0.25, -0.2) is 5.43 Å². The number of hydrazone groups is 1. The zero-order chi connectivity index (χ0) is 19.3. The van der Waals surface area contributed by atoms with Crippen LogP contribution in [-0.4, -0.2) is 17.4 Å². The SMILES string of the molecule is C[C@H](Sc1ccccc1)C(=O)N/N=C\c1c2ccccc2cc2ccccc12. The lowest BCUT2D eigenvalue weighted by atomic mass is 9.97. The van der Waals surface area contributed by atoms with Gasteiger partial charge in [0.15, 0.2) is 0 Å². The van der Waals surface area contributed by atoms with E-state index in [1.807, 2.05) is 61.5 Å². The van der Waals surface area contributed by atoms with E-state index in [9.17, 15) is 4.79 Å². The number of carbonyl (C=O) groups is 1. The van der Waals surface area contributed by atoms with Crippen LogP contribution in [0.3, 0.4) is 0 Å². The molecule has 138 valence electrons. The first-order valence-corrected chi connectivity index (χ1v) is 10.1. The molecule has 4 rings (SSSR count). The lowest BCUT2D eigenvalue weighted by Crippen LogP contribution is -2.26. The maximum absolute atomic E-state index is 12.4. The van der Waals surface area contributed by atoms with E-state index in [1.54, 1.807) is 6.21 Å². The van der Waals surface area contributed by atoms with Crippen molar-refractivity contribution in [2.45, 2.75) is 17.1 Å². The summed E-state index contributed by atoms with van der Waals surface area (Å²) in [6, 6.07) is 28.5. The molecule has 4 aromatic carbocycles. The summed E-state index contributed by atoms with van der Waals surface area (Å²) in [5, 5.41) is 8.58. The Labute approximate surface area is 168 Å². The highest BCUT2D eigenvalue weighted by Gasteiger charge is 2.13. The average Bonchev–Trinajstić information content (AvgIpc) is 2.73. The van der Waals surface area contributed by atoms with E-state index in [0.717, 1.165) is 32.0 Å². The average molecular weight is 385 g/mol. The highest BCUT2D eigenvalue weighted by Crippen LogP contribution is 2.27. The van der Waals surface area contributed by atoms with Crippen molar-refractivity contribution >= 4 is 45.4 Å². The summed E-state index contributed by atoms with van der Waals surface area (Å²) in [5.74, 6) is -0.116. The van der Waals surface area contributed by atoms with E-state index in [0.29, 0.717) is 0 Å². The number of nitrogens with zero attached hydrogens (tertiary/aromatic N) is 1. The molecule has 0 aliphatic rings. The predicted molar refractivity (Wildman–Crippen MR) is 119 cm³/mol. The molecular weight excluding hydrogens is 364 g/mol. The summed E-state index contributed by atoms with van der Waals surface area (Å²) >= 11 is 1.52. The van der Waals surface area contributed by atoms with Crippen LogP contribution in [-0.2, 0) is 4.79 Å². The molecule has 1 amide bonds. The van der Waals surface area contributed by atoms with Gasteiger partial charge in [0.25, 0.3) is 5.91 Å². The van der Waals surface area contributed by atoms with Gasteiger partial charge in [-0.2, -0.15) is 5.10 Å². The number of thioether (sulfide) groups is 1. The van der Waals surface area contributed by atoms with Gasteiger partial charge < -0.3 is 0 Å². The van der Waals surface area contributed by atoms with Crippen molar-refractivity contribution < 1.29 is 4.79 Å². The molecule has 0 heterocycles. The second-order valence-electron chi connectivity index (χ2n) is 6.54. The summed E-state index contributed by atoms with van der Waals surface area (Å²) in [5.41, 5.74) is 3.70. The van der Waals surface area contributed by atoms with Gasteiger partial charge in [-0.1, -0.05) is 66.7 Å². The van der Waals surface area contributed by atoms with Crippen molar-refractivity contribution in [1.82, 2.24) is 5.43 Å². The number of benzene rings is 4. The maximum Gasteiger partial charge on any atom is 0.253 e. The summed E-state index contributed by atoms with van der Waals surface area (Å²) in [4.78, 5) is 13.5. The maximum atomic E-state index is 12.4. The highest BCUT2D eigenvalue weighted by molar-refractivity contribution is 8.00. The van der Waals surface area contributed by atoms with Crippen LogP contribution in [0, 0.1) is 0 Å². The minimum atomic E-state index is -0.233. The number of amides is 1. The van der Waals surface area contributed by atoms with Gasteiger partial charge in [-0.05, 0) is 46.7 Å². The lowest BCUT2D eigenvalue weighted by molar-refractivity contribution is -0.120. The fourth-order valence-corrected chi connectivity index (χ4v) is 4.08. The molecule has 28 heavy (non-hydrogen) atoms. The Kier molecular flexibility index (Phi) is 5.40. The Bertz CT molecular complexity index is 1100. The minimum absolute atomic E-state index is 0.116. The van der Waals surface area contributed by atoms with Crippen LogP contribution in [0.1, 0.15) is 12.5 Å². The number of nitrogens with one attached hydrogen (secondary N) is 1. The van der Waals surface area contributed by atoms with Crippen molar-refractivity contribution in [3.8, 4) is 0 Å². The molecule has 4 heteroatoms. The van der Waals surface area contributed by atoms with Crippen LogP contribution in [0.2, 0.25) is 0 Å². The normalized spacial score (nSPS) is 12.5. The van der Waals surface area contributed by atoms with E-state index in [2.05, 4.69) is 40.9 Å². The van der Waals surface area contributed by atoms with Gasteiger partial charge in [0, 0.05) is 10.5 Å². The van der Waals surface area contributed by atoms with Crippen LogP contribution in [0.4, 0.5) is 0 Å². The molecule has 1 atom stereocenters. The third-order valence-corrected chi connectivity index (χ3v) is 5.72. The molecular formula is C24H20N2OS. The zero-order valence-electron chi connectivity index (χ0n) is 15.5. The second kappa shape index (κ2) is 8.28. The van der Waals surface area contributed by atoms with Gasteiger partial charge in [-0.3, -0.25) is 4.79 Å². The summed E-state index contributed by atoms with van der Waals surface area (Å²) < 4.78 is 0. The Balaban J connectivity index is 1.57. The van der Waals surface area contributed by atoms with Gasteiger partial charge >= 0.3 is 0 Å². The molecule has 0 bridgehead atoms. The Morgan fingerprint density at radius 3 is 2.11 bits per heavy atom. The largest absolute Gasteiger partial charge is 0.272 e. The predicted octanol–water partition coefficient (Wildman–Crippen LogP) is 5.62. The molecule has 0 saturated carbocycles. The highest BCUT2D eigenvalue weighted by atomic mass is 32.2. The number of fused-ring (bicyclic) bond motifs is 2. The smallest absolute Gasteiger partial charge is 0.253 e. The number of hydrogen-bond acceptors (Lipinski definition) is 3. The molecule has 3 nitrogen and oxygen atoms in total. The van der Waals surface area contributed by atoms with E-state index in [-0.39, 0.29) is 11.2 Å². The number of rotatable bonds is 5. The zero-order valence-corrected chi connectivity index (χ0v) is 16.3. The Hall–Kier alpha value is -3.11. The molecule has 0 aliphatic heterocycles. The van der Waals surface area contributed by atoms with E-state index >= 15 is 0 Å². The topological polar surface area (TPSA) is 41.5 Å². The third-order valence-electron chi connectivity index (χ3n) is 4.61. The van der Waals surface area contributed by atoms with Crippen LogP contribution in [0.25, 0.3) is 21.5 Å². The lowest BCUT2D eigenvalue weighted by Gasteiger charge is -2.10. The van der Waals surface area contributed by atoms with E-state index < -0.39 is 0 Å². The summed E-state index contributed by atoms with van der Waals surface area (Å²) in [7, 11) is 0. The molecule has 0 aromatic heterocycles. The van der Waals surface area contributed by atoms with Gasteiger partial charge in [0.2, 0.25) is 0 Å². The first kappa shape index (κ1) is 18.3.